The summed E-state index contributed by atoms with van der Waals surface area (Å²) in [5.41, 5.74) is 5.38. The summed E-state index contributed by atoms with van der Waals surface area (Å²) in [5.74, 6) is -0.352. The molecule has 0 radical (unpaired) electrons. The second kappa shape index (κ2) is 6.66. The van der Waals surface area contributed by atoms with E-state index >= 15 is 0 Å². The van der Waals surface area contributed by atoms with Crippen LogP contribution in [0.3, 0.4) is 0 Å². The largest absolute Gasteiger partial charge is 0.490 e. The van der Waals surface area contributed by atoms with Crippen molar-refractivity contribution in [3.8, 4) is 5.75 Å². The molecule has 0 aliphatic rings. The number of methoxy groups -OCH3 is 2. The third-order valence-corrected chi connectivity index (χ3v) is 2.43. The van der Waals surface area contributed by atoms with E-state index < -0.39 is 16.9 Å². The predicted molar refractivity (Wildman–Crippen MR) is 68.1 cm³/mol. The van der Waals surface area contributed by atoms with Crippen molar-refractivity contribution >= 4 is 17.3 Å². The molecule has 1 rings (SSSR count). The first kappa shape index (κ1) is 14.9. The van der Waals surface area contributed by atoms with E-state index in [0.717, 1.165) is 0 Å². The molecule has 0 fully saturated rings. The third-order valence-electron chi connectivity index (χ3n) is 2.43. The van der Waals surface area contributed by atoms with Gasteiger partial charge in [0.15, 0.2) is 5.75 Å². The number of ether oxygens (including phenoxy) is 2. The van der Waals surface area contributed by atoms with Crippen LogP contribution in [0.2, 0.25) is 0 Å². The Morgan fingerprint density at radius 3 is 2.68 bits per heavy atom. The molecule has 0 aliphatic heterocycles. The first-order chi connectivity index (χ1) is 9.03. The first-order valence-electron chi connectivity index (χ1n) is 5.39. The number of nitrogens with zero attached hydrogens (tertiary/aromatic N) is 1. The van der Waals surface area contributed by atoms with Crippen LogP contribution < -0.4 is 15.8 Å². The van der Waals surface area contributed by atoms with Crippen LogP contribution in [-0.2, 0) is 9.53 Å². The third kappa shape index (κ3) is 3.63. The highest BCUT2D eigenvalue weighted by Gasteiger charge is 2.19. The van der Waals surface area contributed by atoms with E-state index in [4.69, 9.17) is 15.2 Å². The number of hydrogen-bond acceptors (Lipinski definition) is 6. The lowest BCUT2D eigenvalue weighted by Gasteiger charge is -2.13. The molecule has 0 heterocycles. The van der Waals surface area contributed by atoms with Crippen molar-refractivity contribution in [2.45, 2.75) is 6.10 Å². The Balaban J connectivity index is 2.94. The highest BCUT2D eigenvalue weighted by atomic mass is 16.6. The summed E-state index contributed by atoms with van der Waals surface area (Å²) in [6.45, 7) is 0.0145. The van der Waals surface area contributed by atoms with Crippen molar-refractivity contribution in [3.05, 3.63) is 28.3 Å². The molecule has 3 N–H and O–H groups in total. The topological polar surface area (TPSA) is 117 Å². The predicted octanol–water partition coefficient (Wildman–Crippen LogP) is 0.516. The number of benzene rings is 1. The smallest absolute Gasteiger partial charge is 0.312 e. The minimum atomic E-state index is -0.804. The Labute approximate surface area is 109 Å². The summed E-state index contributed by atoms with van der Waals surface area (Å²) in [7, 11) is 2.68. The van der Waals surface area contributed by atoms with Crippen LogP contribution in [0.25, 0.3) is 0 Å². The van der Waals surface area contributed by atoms with Crippen LogP contribution >= 0.6 is 0 Å². The van der Waals surface area contributed by atoms with Gasteiger partial charge in [-0.1, -0.05) is 0 Å². The molecule has 0 bridgehead atoms. The SMILES string of the molecule is COc1ccc(NC(=O)C(CN)OC)cc1[N+](=O)[O-]. The quantitative estimate of drug-likeness (QED) is 0.574. The van der Waals surface area contributed by atoms with Crippen molar-refractivity contribution in [1.29, 1.82) is 0 Å². The molecule has 0 aromatic heterocycles. The molecule has 0 spiro atoms. The number of anilines is 1. The Kier molecular flexibility index (Phi) is 5.22. The summed E-state index contributed by atoms with van der Waals surface area (Å²) in [6.07, 6.45) is -0.804. The van der Waals surface area contributed by atoms with Crippen LogP contribution in [0.1, 0.15) is 0 Å². The Morgan fingerprint density at radius 1 is 1.53 bits per heavy atom. The van der Waals surface area contributed by atoms with E-state index in [1.165, 1.54) is 32.4 Å². The molecule has 1 unspecified atom stereocenters. The first-order valence-corrected chi connectivity index (χ1v) is 5.39. The van der Waals surface area contributed by atoms with Gasteiger partial charge in [-0.05, 0) is 12.1 Å². The van der Waals surface area contributed by atoms with Crippen LogP contribution in [-0.4, -0.2) is 37.7 Å². The molecule has 0 saturated carbocycles. The van der Waals surface area contributed by atoms with E-state index in [2.05, 4.69) is 5.32 Å². The molecule has 104 valence electrons. The molecule has 0 aliphatic carbocycles. The number of nitro groups is 1. The van der Waals surface area contributed by atoms with Gasteiger partial charge >= 0.3 is 5.69 Å². The molecule has 19 heavy (non-hydrogen) atoms. The maximum Gasteiger partial charge on any atom is 0.312 e. The lowest BCUT2D eigenvalue weighted by atomic mass is 10.2. The molecular weight excluding hydrogens is 254 g/mol. The molecule has 8 heteroatoms. The van der Waals surface area contributed by atoms with Crippen molar-refractivity contribution in [2.24, 2.45) is 5.73 Å². The van der Waals surface area contributed by atoms with Crippen LogP contribution in [0, 0.1) is 10.1 Å². The maximum atomic E-state index is 11.7. The number of carbonyl (C=O) groups is 1. The number of amides is 1. The van der Waals surface area contributed by atoms with Gasteiger partial charge in [-0.15, -0.1) is 0 Å². The van der Waals surface area contributed by atoms with Gasteiger partial charge in [0.2, 0.25) is 0 Å². The average Bonchev–Trinajstić information content (AvgIpc) is 2.40. The van der Waals surface area contributed by atoms with Crippen molar-refractivity contribution < 1.29 is 19.2 Å². The monoisotopic (exact) mass is 269 g/mol. The van der Waals surface area contributed by atoms with E-state index in [-0.39, 0.29) is 23.7 Å². The minimum Gasteiger partial charge on any atom is -0.490 e. The van der Waals surface area contributed by atoms with Gasteiger partial charge in [0, 0.05) is 25.4 Å². The number of carbonyl (C=O) groups excluding carboxylic acids is 1. The van der Waals surface area contributed by atoms with Crippen LogP contribution in [0.5, 0.6) is 5.75 Å². The fourth-order valence-electron chi connectivity index (χ4n) is 1.44. The van der Waals surface area contributed by atoms with Gasteiger partial charge in [0.1, 0.15) is 6.10 Å². The van der Waals surface area contributed by atoms with Gasteiger partial charge < -0.3 is 20.5 Å². The summed E-state index contributed by atoms with van der Waals surface area (Å²) >= 11 is 0. The Hall–Kier alpha value is -2.19. The molecular formula is C11H15N3O5. The normalized spacial score (nSPS) is 11.7. The van der Waals surface area contributed by atoms with E-state index in [1.54, 1.807) is 0 Å². The molecule has 1 atom stereocenters. The summed E-state index contributed by atoms with van der Waals surface area (Å²) < 4.78 is 9.72. The van der Waals surface area contributed by atoms with Crippen molar-refractivity contribution in [3.63, 3.8) is 0 Å². The zero-order chi connectivity index (χ0) is 14.4. The second-order valence-electron chi connectivity index (χ2n) is 3.59. The number of rotatable bonds is 6. The number of nitrogens with one attached hydrogen (secondary N) is 1. The lowest BCUT2D eigenvalue weighted by molar-refractivity contribution is -0.385. The Bertz CT molecular complexity index is 473. The van der Waals surface area contributed by atoms with E-state index in [1.807, 2.05) is 0 Å². The van der Waals surface area contributed by atoms with Crippen molar-refractivity contribution in [2.75, 3.05) is 26.1 Å². The Morgan fingerprint density at radius 2 is 2.21 bits per heavy atom. The summed E-state index contributed by atoms with van der Waals surface area (Å²) in [6, 6.07) is 4.10. The van der Waals surface area contributed by atoms with Crippen molar-refractivity contribution in [1.82, 2.24) is 0 Å². The average molecular weight is 269 g/mol. The summed E-state index contributed by atoms with van der Waals surface area (Å²) in [5, 5.41) is 13.3. The second-order valence-corrected chi connectivity index (χ2v) is 3.59. The lowest BCUT2D eigenvalue weighted by Crippen LogP contribution is -2.35. The molecule has 1 amide bonds. The van der Waals surface area contributed by atoms with E-state index in [0.29, 0.717) is 0 Å². The fraction of sp³-hybridized carbons (Fsp3) is 0.364. The molecule has 0 saturated heterocycles. The zero-order valence-corrected chi connectivity index (χ0v) is 10.6. The van der Waals surface area contributed by atoms with Gasteiger partial charge in [0.25, 0.3) is 5.91 Å². The molecule has 1 aromatic carbocycles. The number of hydrogen-bond donors (Lipinski definition) is 2. The van der Waals surface area contributed by atoms with Crippen LogP contribution in [0.15, 0.2) is 18.2 Å². The standard InChI is InChI=1S/C11H15N3O5/c1-18-9-4-3-7(5-8(9)14(16)17)13-11(15)10(6-12)19-2/h3-5,10H,6,12H2,1-2H3,(H,13,15). The van der Waals surface area contributed by atoms with Crippen LogP contribution in [0.4, 0.5) is 11.4 Å². The number of nitrogens with two attached hydrogens (primary N) is 1. The van der Waals surface area contributed by atoms with Gasteiger partial charge in [-0.25, -0.2) is 0 Å². The highest BCUT2D eigenvalue weighted by Crippen LogP contribution is 2.29. The molecule has 1 aromatic rings. The molecule has 8 nitrogen and oxygen atoms in total. The fourth-order valence-corrected chi connectivity index (χ4v) is 1.44. The summed E-state index contributed by atoms with van der Waals surface area (Å²) in [4.78, 5) is 21.9. The van der Waals surface area contributed by atoms with Gasteiger partial charge in [-0.2, -0.15) is 0 Å². The minimum absolute atomic E-state index is 0.0145. The van der Waals surface area contributed by atoms with Gasteiger partial charge in [0.05, 0.1) is 12.0 Å². The van der Waals surface area contributed by atoms with E-state index in [9.17, 15) is 14.9 Å². The highest BCUT2D eigenvalue weighted by molar-refractivity contribution is 5.94. The maximum absolute atomic E-state index is 11.7. The zero-order valence-electron chi connectivity index (χ0n) is 10.6. The van der Waals surface area contributed by atoms with Gasteiger partial charge in [-0.3, -0.25) is 14.9 Å². The number of nitro benzene ring substituents is 1.